The topological polar surface area (TPSA) is 50.4 Å². The van der Waals surface area contributed by atoms with Crippen molar-refractivity contribution in [1.82, 2.24) is 10.6 Å². The van der Waals surface area contributed by atoms with Crippen molar-refractivity contribution in [2.75, 3.05) is 13.7 Å². The summed E-state index contributed by atoms with van der Waals surface area (Å²) in [5.74, 6) is 0.938. The molecule has 2 rings (SSSR count). The normalized spacial score (nSPS) is 21.8. The molecular formula is C17H26N2O2. The van der Waals surface area contributed by atoms with Gasteiger partial charge < -0.3 is 15.4 Å². The highest BCUT2D eigenvalue weighted by molar-refractivity contribution is 5.78. The van der Waals surface area contributed by atoms with Crippen LogP contribution in [-0.2, 0) is 11.2 Å². The van der Waals surface area contributed by atoms with E-state index in [0.29, 0.717) is 18.5 Å². The minimum atomic E-state index is 0.118. The molecule has 0 atom stereocenters. The van der Waals surface area contributed by atoms with Gasteiger partial charge in [0.05, 0.1) is 13.5 Å². The van der Waals surface area contributed by atoms with Crippen molar-refractivity contribution in [3.8, 4) is 5.75 Å². The molecule has 1 aromatic rings. The molecule has 1 fully saturated rings. The second-order valence-electron chi connectivity index (χ2n) is 5.70. The van der Waals surface area contributed by atoms with Crippen LogP contribution in [0.3, 0.4) is 0 Å². The molecule has 4 nitrogen and oxygen atoms in total. The molecule has 1 aromatic carbocycles. The zero-order chi connectivity index (χ0) is 15.1. The van der Waals surface area contributed by atoms with Crippen LogP contribution in [0.4, 0.5) is 0 Å². The Morgan fingerprint density at radius 3 is 2.33 bits per heavy atom. The van der Waals surface area contributed by atoms with Crippen molar-refractivity contribution in [2.45, 2.75) is 51.1 Å². The number of ether oxygens (including phenoxy) is 1. The third-order valence-corrected chi connectivity index (χ3v) is 4.11. The minimum Gasteiger partial charge on any atom is -0.497 e. The fraction of sp³-hybridized carbons (Fsp3) is 0.588. The van der Waals surface area contributed by atoms with Gasteiger partial charge in [0, 0.05) is 12.1 Å². The van der Waals surface area contributed by atoms with E-state index < -0.39 is 0 Å². The van der Waals surface area contributed by atoms with Crippen LogP contribution in [0.5, 0.6) is 5.75 Å². The van der Waals surface area contributed by atoms with Crippen molar-refractivity contribution >= 4 is 5.91 Å². The summed E-state index contributed by atoms with van der Waals surface area (Å²) in [6.07, 6.45) is 4.90. The summed E-state index contributed by atoms with van der Waals surface area (Å²) in [6.45, 7) is 3.17. The Morgan fingerprint density at radius 2 is 1.76 bits per heavy atom. The molecule has 0 aromatic heterocycles. The van der Waals surface area contributed by atoms with Crippen molar-refractivity contribution in [3.63, 3.8) is 0 Å². The maximum absolute atomic E-state index is 12.1. The fourth-order valence-electron chi connectivity index (χ4n) is 2.94. The summed E-state index contributed by atoms with van der Waals surface area (Å²) >= 11 is 0. The van der Waals surface area contributed by atoms with E-state index in [-0.39, 0.29) is 5.91 Å². The Morgan fingerprint density at radius 1 is 1.14 bits per heavy atom. The van der Waals surface area contributed by atoms with E-state index >= 15 is 0 Å². The van der Waals surface area contributed by atoms with Crippen molar-refractivity contribution in [2.24, 2.45) is 0 Å². The molecule has 0 saturated heterocycles. The zero-order valence-electron chi connectivity index (χ0n) is 13.0. The smallest absolute Gasteiger partial charge is 0.224 e. The van der Waals surface area contributed by atoms with E-state index in [1.807, 2.05) is 24.3 Å². The average molecular weight is 290 g/mol. The average Bonchev–Trinajstić information content (AvgIpc) is 2.50. The van der Waals surface area contributed by atoms with Gasteiger partial charge in [0.25, 0.3) is 0 Å². The summed E-state index contributed by atoms with van der Waals surface area (Å²) in [7, 11) is 1.64. The fourth-order valence-corrected chi connectivity index (χ4v) is 2.94. The second kappa shape index (κ2) is 8.03. The first-order valence-electron chi connectivity index (χ1n) is 7.87. The lowest BCUT2D eigenvalue weighted by Crippen LogP contribution is -2.42. The van der Waals surface area contributed by atoms with Gasteiger partial charge >= 0.3 is 0 Å². The molecule has 0 unspecified atom stereocenters. The molecule has 0 bridgehead atoms. The molecule has 1 saturated carbocycles. The first kappa shape index (κ1) is 15.8. The summed E-state index contributed by atoms with van der Waals surface area (Å²) < 4.78 is 5.12. The largest absolute Gasteiger partial charge is 0.497 e. The molecule has 0 heterocycles. The Kier molecular flexibility index (Phi) is 6.05. The van der Waals surface area contributed by atoms with E-state index in [0.717, 1.165) is 43.5 Å². The van der Waals surface area contributed by atoms with E-state index in [4.69, 9.17) is 4.74 Å². The van der Waals surface area contributed by atoms with Gasteiger partial charge in [-0.2, -0.15) is 0 Å². The number of hydrogen-bond acceptors (Lipinski definition) is 3. The molecule has 1 aliphatic carbocycles. The number of benzene rings is 1. The number of carbonyl (C=O) groups is 1. The van der Waals surface area contributed by atoms with Crippen molar-refractivity contribution in [3.05, 3.63) is 29.8 Å². The van der Waals surface area contributed by atoms with Gasteiger partial charge in [-0.3, -0.25) is 4.79 Å². The van der Waals surface area contributed by atoms with Gasteiger partial charge in [0.15, 0.2) is 0 Å². The van der Waals surface area contributed by atoms with Gasteiger partial charge in [-0.15, -0.1) is 0 Å². The molecule has 0 radical (unpaired) electrons. The number of amides is 1. The highest BCUT2D eigenvalue weighted by Crippen LogP contribution is 2.19. The first-order valence-corrected chi connectivity index (χ1v) is 7.87. The van der Waals surface area contributed by atoms with Crippen molar-refractivity contribution in [1.29, 1.82) is 0 Å². The van der Waals surface area contributed by atoms with Gasteiger partial charge in [-0.25, -0.2) is 0 Å². The van der Waals surface area contributed by atoms with Crippen LogP contribution < -0.4 is 15.4 Å². The maximum atomic E-state index is 12.1. The lowest BCUT2D eigenvalue weighted by molar-refractivity contribution is -0.121. The van der Waals surface area contributed by atoms with Crippen LogP contribution in [0.25, 0.3) is 0 Å². The predicted octanol–water partition coefficient (Wildman–Crippen LogP) is 2.27. The Bertz CT molecular complexity index is 437. The number of methoxy groups -OCH3 is 1. The Balaban J connectivity index is 1.74. The van der Waals surface area contributed by atoms with E-state index in [1.165, 1.54) is 0 Å². The van der Waals surface area contributed by atoms with Gasteiger partial charge in [0.2, 0.25) is 5.91 Å². The SMILES string of the molecule is CCNC1CCC(NC(=O)Cc2ccc(OC)cc2)CC1. The standard InChI is InChI=1S/C17H26N2O2/c1-3-18-14-6-8-15(9-7-14)19-17(20)12-13-4-10-16(21-2)11-5-13/h4-5,10-11,14-15,18H,3,6-9,12H2,1-2H3,(H,19,20). The number of carbonyl (C=O) groups excluding carboxylic acids is 1. The molecule has 21 heavy (non-hydrogen) atoms. The quantitative estimate of drug-likeness (QED) is 0.845. The van der Waals surface area contributed by atoms with E-state index in [1.54, 1.807) is 7.11 Å². The number of hydrogen-bond donors (Lipinski definition) is 2. The summed E-state index contributed by atoms with van der Waals surface area (Å²) in [6, 6.07) is 8.64. The summed E-state index contributed by atoms with van der Waals surface area (Å²) in [5.41, 5.74) is 1.02. The van der Waals surface area contributed by atoms with Crippen molar-refractivity contribution < 1.29 is 9.53 Å². The lowest BCUT2D eigenvalue weighted by Gasteiger charge is -2.29. The zero-order valence-corrected chi connectivity index (χ0v) is 13.0. The molecule has 116 valence electrons. The second-order valence-corrected chi connectivity index (χ2v) is 5.70. The number of rotatable bonds is 6. The van der Waals surface area contributed by atoms with E-state index in [9.17, 15) is 4.79 Å². The van der Waals surface area contributed by atoms with Crippen LogP contribution in [-0.4, -0.2) is 31.6 Å². The Hall–Kier alpha value is -1.55. The highest BCUT2D eigenvalue weighted by Gasteiger charge is 2.21. The lowest BCUT2D eigenvalue weighted by atomic mass is 9.91. The third-order valence-electron chi connectivity index (χ3n) is 4.11. The monoisotopic (exact) mass is 290 g/mol. The van der Waals surface area contributed by atoms with Crippen LogP contribution >= 0.6 is 0 Å². The highest BCUT2D eigenvalue weighted by atomic mass is 16.5. The summed E-state index contributed by atoms with van der Waals surface area (Å²) in [5, 5.41) is 6.65. The maximum Gasteiger partial charge on any atom is 0.224 e. The van der Waals surface area contributed by atoms with Crippen LogP contribution in [0, 0.1) is 0 Å². The van der Waals surface area contributed by atoms with Crippen LogP contribution in [0.1, 0.15) is 38.2 Å². The van der Waals surface area contributed by atoms with Gasteiger partial charge in [-0.1, -0.05) is 19.1 Å². The van der Waals surface area contributed by atoms with Crippen LogP contribution in [0.15, 0.2) is 24.3 Å². The van der Waals surface area contributed by atoms with Crippen LogP contribution in [0.2, 0.25) is 0 Å². The first-order chi connectivity index (χ1) is 10.2. The molecule has 1 amide bonds. The van der Waals surface area contributed by atoms with E-state index in [2.05, 4.69) is 17.6 Å². The Labute approximate surface area is 127 Å². The summed E-state index contributed by atoms with van der Waals surface area (Å²) in [4.78, 5) is 12.1. The molecule has 2 N–H and O–H groups in total. The molecule has 0 spiro atoms. The van der Waals surface area contributed by atoms with Gasteiger partial charge in [-0.05, 0) is 49.9 Å². The molecule has 4 heteroatoms. The van der Waals surface area contributed by atoms with Gasteiger partial charge in [0.1, 0.15) is 5.75 Å². The number of nitrogens with one attached hydrogen (secondary N) is 2. The molecule has 1 aliphatic rings. The minimum absolute atomic E-state index is 0.118. The third kappa shape index (κ3) is 5.05. The molecule has 0 aliphatic heterocycles. The molecular weight excluding hydrogens is 264 g/mol. The predicted molar refractivity (Wildman–Crippen MR) is 84.6 cm³/mol.